The molecule has 0 unspecified atom stereocenters. The van der Waals surface area contributed by atoms with Gasteiger partial charge in [0.15, 0.2) is 0 Å². The van der Waals surface area contributed by atoms with Crippen LogP contribution in [0.2, 0.25) is 0 Å². The van der Waals surface area contributed by atoms with Crippen LogP contribution < -0.4 is 0 Å². The molecule has 0 radical (unpaired) electrons. The standard InChI is InChI=1S/C27H30N2O3/c30-25-24(20-23-14-8-3-9-15-23)26(31)29(19-17-22-12-6-2-7-13-22)27(32)28(25)18-16-21-10-4-1-5-11-21/h1-2,4-7,10-13,20,23H,3,8-9,14-19H2. The molecular weight excluding hydrogens is 400 g/mol. The van der Waals surface area contributed by atoms with Gasteiger partial charge in [-0.25, -0.2) is 4.79 Å². The smallest absolute Gasteiger partial charge is 0.268 e. The van der Waals surface area contributed by atoms with Crippen LogP contribution in [0.25, 0.3) is 0 Å². The summed E-state index contributed by atoms with van der Waals surface area (Å²) in [6.07, 6.45) is 8.40. The average molecular weight is 431 g/mol. The maximum atomic E-state index is 13.3. The molecular formula is C27H30N2O3. The monoisotopic (exact) mass is 430 g/mol. The molecule has 0 atom stereocenters. The largest absolute Gasteiger partial charge is 0.333 e. The summed E-state index contributed by atoms with van der Waals surface area (Å²) in [4.78, 5) is 42.2. The van der Waals surface area contributed by atoms with Gasteiger partial charge in [-0.05, 0) is 42.7 Å². The van der Waals surface area contributed by atoms with Gasteiger partial charge >= 0.3 is 6.03 Å². The highest BCUT2D eigenvalue weighted by Crippen LogP contribution is 2.28. The molecule has 2 fully saturated rings. The Kier molecular flexibility index (Phi) is 7.15. The zero-order chi connectivity index (χ0) is 22.3. The van der Waals surface area contributed by atoms with Gasteiger partial charge in [0.1, 0.15) is 5.57 Å². The van der Waals surface area contributed by atoms with E-state index in [4.69, 9.17) is 0 Å². The summed E-state index contributed by atoms with van der Waals surface area (Å²) in [7, 11) is 0. The third-order valence-corrected chi connectivity index (χ3v) is 6.40. The maximum Gasteiger partial charge on any atom is 0.333 e. The molecule has 1 heterocycles. The van der Waals surface area contributed by atoms with E-state index in [1.807, 2.05) is 66.7 Å². The quantitative estimate of drug-likeness (QED) is 0.470. The number of barbiturate groups is 1. The maximum absolute atomic E-state index is 13.3. The van der Waals surface area contributed by atoms with Crippen LogP contribution in [0.4, 0.5) is 4.79 Å². The molecule has 2 aromatic carbocycles. The van der Waals surface area contributed by atoms with Crippen LogP contribution in [-0.2, 0) is 22.4 Å². The first-order chi connectivity index (χ1) is 15.6. The molecule has 0 aromatic heterocycles. The van der Waals surface area contributed by atoms with Gasteiger partial charge in [0.05, 0.1) is 0 Å². The molecule has 2 aromatic rings. The number of amides is 4. The highest BCUT2D eigenvalue weighted by molar-refractivity contribution is 6.28. The van der Waals surface area contributed by atoms with E-state index >= 15 is 0 Å². The lowest BCUT2D eigenvalue weighted by Crippen LogP contribution is -2.57. The van der Waals surface area contributed by atoms with Gasteiger partial charge < -0.3 is 0 Å². The fourth-order valence-corrected chi connectivity index (χ4v) is 4.55. The fourth-order valence-electron chi connectivity index (χ4n) is 4.55. The van der Waals surface area contributed by atoms with Crippen LogP contribution in [-0.4, -0.2) is 40.7 Å². The van der Waals surface area contributed by atoms with E-state index in [0.29, 0.717) is 12.8 Å². The summed E-state index contributed by atoms with van der Waals surface area (Å²) in [6, 6.07) is 19.1. The number of nitrogens with zero attached hydrogens (tertiary/aromatic N) is 2. The first-order valence-corrected chi connectivity index (χ1v) is 11.6. The number of urea groups is 1. The summed E-state index contributed by atoms with van der Waals surface area (Å²) in [5.41, 5.74) is 2.27. The lowest BCUT2D eigenvalue weighted by Gasteiger charge is -2.34. The van der Waals surface area contributed by atoms with E-state index < -0.39 is 17.8 Å². The molecule has 5 nitrogen and oxygen atoms in total. The zero-order valence-electron chi connectivity index (χ0n) is 18.4. The zero-order valence-corrected chi connectivity index (χ0v) is 18.4. The minimum atomic E-state index is -0.507. The van der Waals surface area contributed by atoms with E-state index in [0.717, 1.165) is 36.8 Å². The Labute approximate surface area is 189 Å². The molecule has 1 aliphatic heterocycles. The van der Waals surface area contributed by atoms with Gasteiger partial charge in [0.2, 0.25) is 0 Å². The highest BCUT2D eigenvalue weighted by Gasteiger charge is 2.41. The number of carbonyl (C=O) groups excluding carboxylic acids is 3. The highest BCUT2D eigenvalue weighted by atomic mass is 16.2. The molecule has 1 saturated carbocycles. The minimum absolute atomic E-state index is 0.164. The molecule has 4 amide bonds. The van der Waals surface area contributed by atoms with E-state index in [2.05, 4.69) is 0 Å². The average Bonchev–Trinajstić information content (AvgIpc) is 2.84. The van der Waals surface area contributed by atoms with E-state index in [1.165, 1.54) is 16.2 Å². The number of rotatable bonds is 7. The van der Waals surface area contributed by atoms with Crippen molar-refractivity contribution >= 4 is 17.8 Å². The van der Waals surface area contributed by atoms with Crippen LogP contribution in [0.15, 0.2) is 72.3 Å². The number of hydrogen-bond acceptors (Lipinski definition) is 3. The van der Waals surface area contributed by atoms with Gasteiger partial charge in [-0.15, -0.1) is 0 Å². The summed E-state index contributed by atoms with van der Waals surface area (Å²) in [5, 5.41) is 0. The predicted molar refractivity (Wildman–Crippen MR) is 124 cm³/mol. The second-order valence-electron chi connectivity index (χ2n) is 8.65. The van der Waals surface area contributed by atoms with Crippen LogP contribution in [0.5, 0.6) is 0 Å². The van der Waals surface area contributed by atoms with Crippen molar-refractivity contribution < 1.29 is 14.4 Å². The second kappa shape index (κ2) is 10.4. The third-order valence-electron chi connectivity index (χ3n) is 6.40. The molecule has 0 spiro atoms. The molecule has 166 valence electrons. The van der Waals surface area contributed by atoms with Crippen molar-refractivity contribution in [2.75, 3.05) is 13.1 Å². The van der Waals surface area contributed by atoms with Crippen molar-refractivity contribution in [2.45, 2.75) is 44.9 Å². The number of hydrogen-bond donors (Lipinski definition) is 0. The lowest BCUT2D eigenvalue weighted by atomic mass is 9.87. The van der Waals surface area contributed by atoms with E-state index in [-0.39, 0.29) is 24.6 Å². The molecule has 1 aliphatic carbocycles. The molecule has 0 bridgehead atoms. The lowest BCUT2D eigenvalue weighted by molar-refractivity contribution is -0.135. The third kappa shape index (κ3) is 5.16. The van der Waals surface area contributed by atoms with Crippen molar-refractivity contribution in [3.8, 4) is 0 Å². The van der Waals surface area contributed by atoms with Crippen molar-refractivity contribution in [2.24, 2.45) is 5.92 Å². The first kappa shape index (κ1) is 22.0. The Morgan fingerprint density at radius 3 is 1.62 bits per heavy atom. The normalized spacial score (nSPS) is 17.8. The summed E-state index contributed by atoms with van der Waals surface area (Å²) in [5.74, 6) is -0.665. The van der Waals surface area contributed by atoms with Crippen LogP contribution in [0.3, 0.4) is 0 Å². The minimum Gasteiger partial charge on any atom is -0.268 e. The Morgan fingerprint density at radius 1 is 0.688 bits per heavy atom. The fraction of sp³-hybridized carbons (Fsp3) is 0.370. The molecule has 5 heteroatoms. The van der Waals surface area contributed by atoms with Crippen molar-refractivity contribution in [1.82, 2.24) is 9.80 Å². The van der Waals surface area contributed by atoms with E-state index in [1.54, 1.807) is 0 Å². The summed E-state index contributed by atoms with van der Waals surface area (Å²) in [6.45, 7) is 0.525. The van der Waals surface area contributed by atoms with Gasteiger partial charge in [0.25, 0.3) is 11.8 Å². The number of imide groups is 2. The van der Waals surface area contributed by atoms with Crippen LogP contribution in [0.1, 0.15) is 43.2 Å². The van der Waals surface area contributed by atoms with Gasteiger partial charge in [-0.1, -0.05) is 86.0 Å². The molecule has 2 aliphatic rings. The molecule has 32 heavy (non-hydrogen) atoms. The Morgan fingerprint density at radius 2 is 1.16 bits per heavy atom. The van der Waals surface area contributed by atoms with Crippen molar-refractivity contribution in [3.63, 3.8) is 0 Å². The van der Waals surface area contributed by atoms with Crippen molar-refractivity contribution in [1.29, 1.82) is 0 Å². The first-order valence-electron chi connectivity index (χ1n) is 11.6. The number of benzene rings is 2. The Balaban J connectivity index is 1.56. The summed E-state index contributed by atoms with van der Waals surface area (Å²) >= 11 is 0. The summed E-state index contributed by atoms with van der Waals surface area (Å²) < 4.78 is 0. The molecule has 4 rings (SSSR count). The Bertz CT molecular complexity index is 911. The molecule has 1 saturated heterocycles. The molecule has 0 N–H and O–H groups in total. The van der Waals surface area contributed by atoms with Gasteiger partial charge in [-0.3, -0.25) is 19.4 Å². The SMILES string of the molecule is O=C1C(=CC2CCCCC2)C(=O)N(CCc2ccccc2)C(=O)N1CCc1ccccc1. The Hall–Kier alpha value is -3.21. The second-order valence-corrected chi connectivity index (χ2v) is 8.65. The van der Waals surface area contributed by atoms with Gasteiger partial charge in [-0.2, -0.15) is 0 Å². The topological polar surface area (TPSA) is 57.7 Å². The van der Waals surface area contributed by atoms with Gasteiger partial charge in [0, 0.05) is 13.1 Å². The number of allylic oxidation sites excluding steroid dienone is 1. The van der Waals surface area contributed by atoms with Crippen LogP contribution >= 0.6 is 0 Å². The number of carbonyl (C=O) groups is 3. The van der Waals surface area contributed by atoms with Crippen molar-refractivity contribution in [3.05, 3.63) is 83.4 Å². The van der Waals surface area contributed by atoms with E-state index in [9.17, 15) is 14.4 Å². The predicted octanol–water partition coefficient (Wildman–Crippen LogP) is 4.77. The van der Waals surface area contributed by atoms with Crippen LogP contribution in [0, 0.1) is 5.92 Å².